The van der Waals surface area contributed by atoms with E-state index >= 15 is 0 Å². The third-order valence-corrected chi connectivity index (χ3v) is 2.84. The lowest BCUT2D eigenvalue weighted by atomic mass is 10.1. The van der Waals surface area contributed by atoms with Gasteiger partial charge in [0.2, 0.25) is 0 Å². The molecule has 1 aromatic heterocycles. The van der Waals surface area contributed by atoms with E-state index in [0.717, 1.165) is 18.9 Å². The average molecular weight is 245 g/mol. The summed E-state index contributed by atoms with van der Waals surface area (Å²) in [6, 6.07) is 8.41. The summed E-state index contributed by atoms with van der Waals surface area (Å²) in [6.45, 7) is 2.27. The molecule has 0 bridgehead atoms. The normalized spacial score (nSPS) is 10.8. The minimum Gasteiger partial charge on any atom is -0.380 e. The maximum absolute atomic E-state index is 5.13. The van der Waals surface area contributed by atoms with Crippen LogP contribution in [0.1, 0.15) is 17.0 Å². The van der Waals surface area contributed by atoms with Crippen LogP contribution in [0.5, 0.6) is 0 Å². The molecule has 18 heavy (non-hydrogen) atoms. The van der Waals surface area contributed by atoms with Crippen LogP contribution in [0.4, 0.5) is 0 Å². The van der Waals surface area contributed by atoms with Crippen LogP contribution < -0.4 is 5.32 Å². The van der Waals surface area contributed by atoms with Gasteiger partial charge in [-0.05, 0) is 11.1 Å². The van der Waals surface area contributed by atoms with E-state index in [0.29, 0.717) is 6.61 Å². The van der Waals surface area contributed by atoms with Gasteiger partial charge < -0.3 is 14.6 Å². The molecule has 0 fully saturated rings. The lowest BCUT2D eigenvalue weighted by Gasteiger charge is -2.07. The molecule has 0 aliphatic heterocycles. The highest BCUT2D eigenvalue weighted by Gasteiger charge is 1.99. The Labute approximate surface area is 108 Å². The number of aryl methyl sites for hydroxylation is 1. The largest absolute Gasteiger partial charge is 0.380 e. The Balaban J connectivity index is 1.86. The quantitative estimate of drug-likeness (QED) is 0.844. The van der Waals surface area contributed by atoms with Gasteiger partial charge in [0.15, 0.2) is 0 Å². The second kappa shape index (κ2) is 6.33. The summed E-state index contributed by atoms with van der Waals surface area (Å²) in [7, 11) is 3.72. The summed E-state index contributed by atoms with van der Waals surface area (Å²) in [5, 5.41) is 3.39. The number of nitrogens with zero attached hydrogens (tertiary/aromatic N) is 2. The molecule has 0 aliphatic rings. The fourth-order valence-electron chi connectivity index (χ4n) is 1.88. The van der Waals surface area contributed by atoms with Crippen molar-refractivity contribution in [2.75, 3.05) is 7.11 Å². The van der Waals surface area contributed by atoms with Crippen LogP contribution in [0, 0.1) is 0 Å². The maximum Gasteiger partial charge on any atom is 0.122 e. The second-order valence-corrected chi connectivity index (χ2v) is 4.31. The highest BCUT2D eigenvalue weighted by molar-refractivity contribution is 5.22. The van der Waals surface area contributed by atoms with Crippen LogP contribution >= 0.6 is 0 Å². The van der Waals surface area contributed by atoms with Crippen molar-refractivity contribution in [2.45, 2.75) is 19.7 Å². The molecule has 0 atom stereocenters. The first-order valence-corrected chi connectivity index (χ1v) is 6.03. The monoisotopic (exact) mass is 245 g/mol. The molecule has 1 heterocycles. The van der Waals surface area contributed by atoms with Crippen molar-refractivity contribution in [3.05, 3.63) is 53.6 Å². The molecule has 1 N–H and O–H groups in total. The number of rotatable bonds is 6. The van der Waals surface area contributed by atoms with E-state index in [1.807, 2.05) is 24.0 Å². The van der Waals surface area contributed by atoms with Gasteiger partial charge in [0.05, 0.1) is 13.2 Å². The smallest absolute Gasteiger partial charge is 0.122 e. The fraction of sp³-hybridized carbons (Fsp3) is 0.357. The second-order valence-electron chi connectivity index (χ2n) is 4.31. The van der Waals surface area contributed by atoms with Gasteiger partial charge in [-0.3, -0.25) is 0 Å². The zero-order valence-corrected chi connectivity index (χ0v) is 10.9. The lowest BCUT2D eigenvalue weighted by molar-refractivity contribution is 0.185. The van der Waals surface area contributed by atoms with E-state index in [-0.39, 0.29) is 0 Å². The molecule has 0 spiro atoms. The molecule has 96 valence electrons. The number of ether oxygens (including phenoxy) is 1. The Bertz CT molecular complexity index is 493. The van der Waals surface area contributed by atoms with Crippen molar-refractivity contribution in [1.82, 2.24) is 14.9 Å². The van der Waals surface area contributed by atoms with Gasteiger partial charge in [-0.1, -0.05) is 24.3 Å². The molecule has 0 unspecified atom stereocenters. The minimum atomic E-state index is 0.660. The van der Waals surface area contributed by atoms with Crippen molar-refractivity contribution < 1.29 is 4.74 Å². The zero-order valence-electron chi connectivity index (χ0n) is 10.9. The predicted molar refractivity (Wildman–Crippen MR) is 70.9 cm³/mol. The van der Waals surface area contributed by atoms with Crippen LogP contribution in [0.3, 0.4) is 0 Å². The maximum atomic E-state index is 5.13. The predicted octanol–water partition coefficient (Wildman–Crippen LogP) is 1.86. The van der Waals surface area contributed by atoms with Crippen molar-refractivity contribution in [3.63, 3.8) is 0 Å². The number of benzene rings is 1. The molecule has 4 nitrogen and oxygen atoms in total. The summed E-state index contributed by atoms with van der Waals surface area (Å²) in [4.78, 5) is 4.27. The summed E-state index contributed by atoms with van der Waals surface area (Å²) in [6.07, 6.45) is 3.77. The standard InChI is InChI=1S/C14H19N3O/c1-17-7-6-16-14(17)10-15-9-12-4-3-5-13(8-12)11-18-2/h3-8,15H,9-11H2,1-2H3. The van der Waals surface area contributed by atoms with Crippen molar-refractivity contribution >= 4 is 0 Å². The van der Waals surface area contributed by atoms with E-state index in [9.17, 15) is 0 Å². The van der Waals surface area contributed by atoms with E-state index in [2.05, 4.69) is 34.6 Å². The van der Waals surface area contributed by atoms with Crippen molar-refractivity contribution in [2.24, 2.45) is 7.05 Å². The third kappa shape index (κ3) is 3.42. The first-order chi connectivity index (χ1) is 8.79. The van der Waals surface area contributed by atoms with Gasteiger partial charge in [-0.2, -0.15) is 0 Å². The lowest BCUT2D eigenvalue weighted by Crippen LogP contribution is -2.15. The Morgan fingerprint density at radius 1 is 1.28 bits per heavy atom. The molecule has 0 saturated heterocycles. The van der Waals surface area contributed by atoms with Gasteiger partial charge in [-0.15, -0.1) is 0 Å². The number of methoxy groups -OCH3 is 1. The molecule has 4 heteroatoms. The first kappa shape index (κ1) is 12.8. The van der Waals surface area contributed by atoms with Crippen molar-refractivity contribution in [3.8, 4) is 0 Å². The summed E-state index contributed by atoms with van der Waals surface area (Å²) in [5.74, 6) is 1.04. The van der Waals surface area contributed by atoms with Crippen LogP contribution in [-0.4, -0.2) is 16.7 Å². The topological polar surface area (TPSA) is 39.1 Å². The van der Waals surface area contributed by atoms with E-state index < -0.39 is 0 Å². The van der Waals surface area contributed by atoms with Gasteiger partial charge in [0.1, 0.15) is 5.82 Å². The molecular weight excluding hydrogens is 226 g/mol. The van der Waals surface area contributed by atoms with Crippen LogP contribution in [0.15, 0.2) is 36.7 Å². The number of aromatic nitrogens is 2. The van der Waals surface area contributed by atoms with Gasteiger partial charge in [0.25, 0.3) is 0 Å². The molecule has 2 aromatic rings. The third-order valence-electron chi connectivity index (χ3n) is 2.84. The summed E-state index contributed by atoms with van der Waals surface area (Å²) in [5.41, 5.74) is 2.47. The van der Waals surface area contributed by atoms with Gasteiger partial charge >= 0.3 is 0 Å². The highest BCUT2D eigenvalue weighted by Crippen LogP contribution is 2.06. The number of imidazole rings is 1. The minimum absolute atomic E-state index is 0.660. The molecule has 1 aromatic carbocycles. The van der Waals surface area contributed by atoms with Crippen LogP contribution in [-0.2, 0) is 31.5 Å². The average Bonchev–Trinajstić information content (AvgIpc) is 2.76. The number of nitrogens with one attached hydrogen (secondary N) is 1. The zero-order chi connectivity index (χ0) is 12.8. The summed E-state index contributed by atoms with van der Waals surface area (Å²) >= 11 is 0. The molecule has 0 radical (unpaired) electrons. The Kier molecular flexibility index (Phi) is 4.50. The van der Waals surface area contributed by atoms with Gasteiger partial charge in [0, 0.05) is 33.1 Å². The van der Waals surface area contributed by atoms with E-state index in [4.69, 9.17) is 4.74 Å². The number of hydrogen-bond acceptors (Lipinski definition) is 3. The molecule has 0 saturated carbocycles. The SMILES string of the molecule is COCc1cccc(CNCc2nccn2C)c1. The Morgan fingerprint density at radius 2 is 2.11 bits per heavy atom. The molecule has 2 rings (SSSR count). The van der Waals surface area contributed by atoms with Crippen molar-refractivity contribution in [1.29, 1.82) is 0 Å². The molecule has 0 aliphatic carbocycles. The van der Waals surface area contributed by atoms with Crippen LogP contribution in [0.25, 0.3) is 0 Å². The first-order valence-electron chi connectivity index (χ1n) is 6.03. The van der Waals surface area contributed by atoms with E-state index in [1.54, 1.807) is 7.11 Å². The Morgan fingerprint density at radius 3 is 2.83 bits per heavy atom. The van der Waals surface area contributed by atoms with Gasteiger partial charge in [-0.25, -0.2) is 4.98 Å². The van der Waals surface area contributed by atoms with E-state index in [1.165, 1.54) is 11.1 Å². The molecular formula is C14H19N3O. The Hall–Kier alpha value is -1.65. The number of hydrogen-bond donors (Lipinski definition) is 1. The summed E-state index contributed by atoms with van der Waals surface area (Å²) < 4.78 is 7.15. The molecule has 0 amide bonds. The fourth-order valence-corrected chi connectivity index (χ4v) is 1.88. The highest BCUT2D eigenvalue weighted by atomic mass is 16.5. The van der Waals surface area contributed by atoms with Crippen LogP contribution in [0.2, 0.25) is 0 Å².